The Bertz CT molecular complexity index is 1070. The number of carbonyl (C=O) groups excluding carboxylic acids is 3. The van der Waals surface area contributed by atoms with Gasteiger partial charge in [0.25, 0.3) is 5.91 Å². The summed E-state index contributed by atoms with van der Waals surface area (Å²) in [5.41, 5.74) is -0.117. The second-order valence-corrected chi connectivity index (χ2v) is 12.1. The van der Waals surface area contributed by atoms with Crippen LogP contribution in [0.2, 0.25) is 0 Å². The van der Waals surface area contributed by atoms with Gasteiger partial charge in [-0.1, -0.05) is 27.2 Å². The Hall–Kier alpha value is -2.57. The standard InChI is InChI=1S/C27H40BN5O6/c1-5-6-22(28-38-21-14-17-13-20(26(17,2)3)27(21,4)39-28)32-24(35)18(15-23(34)33-9-11-37-12-10-33)31-25(36)19-16-29-7-8-30-19/h7-8,16-18,20-22H,5-6,9-15H2,1-4H3,(H,31,36)(H,32,35)/t17-,18+,20-,21?,22-,27-/m0/s1. The molecule has 5 aliphatic rings. The molecule has 0 spiro atoms. The first kappa shape index (κ1) is 28.0. The van der Waals surface area contributed by atoms with E-state index in [1.165, 1.54) is 18.6 Å². The zero-order chi connectivity index (χ0) is 27.8. The molecule has 2 N–H and O–H groups in total. The Labute approximate surface area is 230 Å². The van der Waals surface area contributed by atoms with Crippen molar-refractivity contribution in [1.82, 2.24) is 25.5 Å². The normalized spacial score (nSPS) is 30.5. The van der Waals surface area contributed by atoms with Crippen molar-refractivity contribution in [2.45, 2.75) is 83.5 Å². The first-order valence-electron chi connectivity index (χ1n) is 14.2. The highest BCUT2D eigenvalue weighted by atomic mass is 16.7. The topological polar surface area (TPSA) is 132 Å². The van der Waals surface area contributed by atoms with E-state index >= 15 is 0 Å². The van der Waals surface area contributed by atoms with E-state index in [1.807, 2.05) is 6.92 Å². The van der Waals surface area contributed by atoms with Gasteiger partial charge in [0.2, 0.25) is 11.8 Å². The number of nitrogens with zero attached hydrogens (tertiary/aromatic N) is 3. The third-order valence-electron chi connectivity index (χ3n) is 9.38. The fourth-order valence-electron chi connectivity index (χ4n) is 6.92. The number of amides is 3. The molecule has 11 nitrogen and oxygen atoms in total. The summed E-state index contributed by atoms with van der Waals surface area (Å²) in [6, 6.07) is -1.10. The van der Waals surface area contributed by atoms with Gasteiger partial charge >= 0.3 is 7.12 Å². The van der Waals surface area contributed by atoms with Crippen LogP contribution in [0.3, 0.4) is 0 Å². The van der Waals surface area contributed by atoms with E-state index in [1.54, 1.807) is 4.90 Å². The molecule has 3 saturated carbocycles. The maximum absolute atomic E-state index is 13.7. The molecule has 0 aromatic carbocycles. The van der Waals surface area contributed by atoms with Gasteiger partial charge in [-0.25, -0.2) is 4.98 Å². The lowest BCUT2D eigenvalue weighted by Gasteiger charge is -2.64. The molecule has 3 heterocycles. The van der Waals surface area contributed by atoms with Crippen LogP contribution >= 0.6 is 0 Å². The highest BCUT2D eigenvalue weighted by molar-refractivity contribution is 6.48. The molecule has 1 unspecified atom stereocenters. The van der Waals surface area contributed by atoms with Crippen molar-refractivity contribution < 1.29 is 28.4 Å². The van der Waals surface area contributed by atoms with Gasteiger partial charge in [0.1, 0.15) is 11.7 Å². The van der Waals surface area contributed by atoms with Crippen molar-refractivity contribution in [3.63, 3.8) is 0 Å². The number of hydrogen-bond donors (Lipinski definition) is 2. The molecule has 2 bridgehead atoms. The van der Waals surface area contributed by atoms with E-state index in [0.29, 0.717) is 44.6 Å². The summed E-state index contributed by atoms with van der Waals surface area (Å²) in [4.78, 5) is 49.3. The van der Waals surface area contributed by atoms with Crippen molar-refractivity contribution in [3.05, 3.63) is 24.3 Å². The highest BCUT2D eigenvalue weighted by Gasteiger charge is 2.68. The Morgan fingerprint density at radius 1 is 1.15 bits per heavy atom. The van der Waals surface area contributed by atoms with Crippen LogP contribution in [-0.2, 0) is 23.6 Å². The highest BCUT2D eigenvalue weighted by Crippen LogP contribution is 2.65. The Morgan fingerprint density at radius 3 is 2.59 bits per heavy atom. The number of carbonyl (C=O) groups is 3. The minimum Gasteiger partial charge on any atom is -0.404 e. The lowest BCUT2D eigenvalue weighted by atomic mass is 9.43. The maximum atomic E-state index is 13.7. The maximum Gasteiger partial charge on any atom is 0.481 e. The van der Waals surface area contributed by atoms with E-state index in [0.717, 1.165) is 19.3 Å². The van der Waals surface area contributed by atoms with Gasteiger partial charge in [-0.2, -0.15) is 0 Å². The predicted molar refractivity (Wildman–Crippen MR) is 142 cm³/mol. The zero-order valence-corrected chi connectivity index (χ0v) is 23.4. The van der Waals surface area contributed by atoms with E-state index in [9.17, 15) is 14.4 Å². The lowest BCUT2D eigenvalue weighted by molar-refractivity contribution is -0.199. The van der Waals surface area contributed by atoms with Crippen LogP contribution in [0.15, 0.2) is 18.6 Å². The van der Waals surface area contributed by atoms with Crippen LogP contribution < -0.4 is 10.6 Å². The van der Waals surface area contributed by atoms with Crippen LogP contribution in [0.25, 0.3) is 0 Å². The molecule has 1 aromatic rings. The second kappa shape index (κ2) is 11.1. The van der Waals surface area contributed by atoms with Gasteiger partial charge in [-0.05, 0) is 43.4 Å². The molecule has 6 atom stereocenters. The fraction of sp³-hybridized carbons (Fsp3) is 0.741. The van der Waals surface area contributed by atoms with E-state index < -0.39 is 36.5 Å². The minimum absolute atomic E-state index is 0.00872. The summed E-state index contributed by atoms with van der Waals surface area (Å²) in [6.07, 6.45) is 7.53. The molecular weight excluding hydrogens is 501 g/mol. The number of aromatic nitrogens is 2. The van der Waals surface area contributed by atoms with Crippen molar-refractivity contribution in [2.24, 2.45) is 17.3 Å². The Kier molecular flexibility index (Phi) is 7.99. The molecule has 3 aliphatic carbocycles. The third-order valence-corrected chi connectivity index (χ3v) is 9.38. The van der Waals surface area contributed by atoms with Crippen LogP contribution in [-0.4, -0.2) is 89.7 Å². The van der Waals surface area contributed by atoms with Crippen LogP contribution in [0.5, 0.6) is 0 Å². The molecule has 6 rings (SSSR count). The largest absolute Gasteiger partial charge is 0.481 e. The summed E-state index contributed by atoms with van der Waals surface area (Å²) in [6.45, 7) is 10.6. The van der Waals surface area contributed by atoms with Gasteiger partial charge in [-0.3, -0.25) is 19.4 Å². The van der Waals surface area contributed by atoms with Crippen LogP contribution in [0.1, 0.15) is 70.3 Å². The molecule has 3 amide bonds. The number of nitrogens with one attached hydrogen (secondary N) is 2. The van der Waals surface area contributed by atoms with E-state index in [4.69, 9.17) is 14.0 Å². The summed E-state index contributed by atoms with van der Waals surface area (Å²) >= 11 is 0. The molecule has 0 radical (unpaired) electrons. The molecule has 39 heavy (non-hydrogen) atoms. The minimum atomic E-state index is -1.10. The molecule has 2 saturated heterocycles. The second-order valence-electron chi connectivity index (χ2n) is 12.1. The van der Waals surface area contributed by atoms with Crippen LogP contribution in [0.4, 0.5) is 0 Å². The van der Waals surface area contributed by atoms with Crippen molar-refractivity contribution in [1.29, 1.82) is 0 Å². The molecule has 1 aromatic heterocycles. The van der Waals surface area contributed by atoms with E-state index in [-0.39, 0.29) is 29.5 Å². The van der Waals surface area contributed by atoms with Crippen molar-refractivity contribution >= 4 is 24.8 Å². The third kappa shape index (κ3) is 5.43. The Balaban J connectivity index is 1.30. The summed E-state index contributed by atoms with van der Waals surface area (Å²) in [5.74, 6) is -0.641. The smallest absolute Gasteiger partial charge is 0.404 e. The van der Waals surface area contributed by atoms with E-state index in [2.05, 4.69) is 41.4 Å². The average molecular weight is 541 g/mol. The van der Waals surface area contributed by atoms with Gasteiger partial charge in [0.15, 0.2) is 0 Å². The Morgan fingerprint density at radius 2 is 1.92 bits per heavy atom. The zero-order valence-electron chi connectivity index (χ0n) is 23.4. The molecule has 12 heteroatoms. The summed E-state index contributed by atoms with van der Waals surface area (Å²) in [7, 11) is -0.592. The fourth-order valence-corrected chi connectivity index (χ4v) is 6.92. The number of rotatable bonds is 9. The summed E-state index contributed by atoms with van der Waals surface area (Å²) in [5, 5.41) is 5.78. The quantitative estimate of drug-likeness (QED) is 0.449. The first-order chi connectivity index (χ1) is 18.6. The lowest BCUT2D eigenvalue weighted by Crippen LogP contribution is -2.65. The van der Waals surface area contributed by atoms with Gasteiger partial charge < -0.3 is 29.6 Å². The first-order valence-corrected chi connectivity index (χ1v) is 14.2. The SMILES string of the molecule is CCC[C@H](NC(=O)[C@@H](CC(=O)N1CCOCC1)NC(=O)c1cnccn1)B1OC2C[C@@H]3C[C@@H](C3(C)C)[C@]2(C)O1. The van der Waals surface area contributed by atoms with Crippen LogP contribution in [0, 0.1) is 17.3 Å². The average Bonchev–Trinajstić information content (AvgIpc) is 3.30. The molecule has 5 fully saturated rings. The van der Waals surface area contributed by atoms with Gasteiger partial charge in [0.05, 0.1) is 43.5 Å². The van der Waals surface area contributed by atoms with Gasteiger partial charge in [-0.15, -0.1) is 0 Å². The summed E-state index contributed by atoms with van der Waals surface area (Å²) < 4.78 is 18.4. The predicted octanol–water partition coefficient (Wildman–Crippen LogP) is 1.38. The number of hydrogen-bond acceptors (Lipinski definition) is 8. The van der Waals surface area contributed by atoms with Gasteiger partial charge in [0, 0.05) is 25.5 Å². The number of morpholine rings is 1. The molecular formula is C27H40BN5O6. The molecule has 2 aliphatic heterocycles. The monoisotopic (exact) mass is 541 g/mol. The van der Waals surface area contributed by atoms with Crippen molar-refractivity contribution in [3.8, 4) is 0 Å². The van der Waals surface area contributed by atoms with Crippen molar-refractivity contribution in [2.75, 3.05) is 26.3 Å². The number of ether oxygens (including phenoxy) is 1. The molecule has 212 valence electrons.